The standard InChI is InChI=1S/C19H22N2O3/c1-3-4-13-24-19(23)21-16-11-9-15(10-12-16)20-18(22)17-8-6-5-7-14(17)2/h5-12H,3-4,13H2,1-2H3,(H,20,22)(H,21,23). The van der Waals surface area contributed by atoms with E-state index in [0.717, 1.165) is 18.4 Å². The predicted molar refractivity (Wildman–Crippen MR) is 95.5 cm³/mol. The van der Waals surface area contributed by atoms with Gasteiger partial charge in [0.25, 0.3) is 5.91 Å². The second-order valence-electron chi connectivity index (χ2n) is 5.46. The molecule has 2 amide bonds. The van der Waals surface area contributed by atoms with Crippen LogP contribution >= 0.6 is 0 Å². The Morgan fingerprint density at radius 2 is 1.58 bits per heavy atom. The summed E-state index contributed by atoms with van der Waals surface area (Å²) in [7, 11) is 0. The number of nitrogens with one attached hydrogen (secondary N) is 2. The van der Waals surface area contributed by atoms with Crippen LogP contribution in [0.15, 0.2) is 48.5 Å². The molecular formula is C19H22N2O3. The molecule has 2 N–H and O–H groups in total. The first-order valence-corrected chi connectivity index (χ1v) is 8.01. The van der Waals surface area contributed by atoms with E-state index in [0.29, 0.717) is 23.5 Å². The molecule has 126 valence electrons. The molecule has 5 nitrogen and oxygen atoms in total. The van der Waals surface area contributed by atoms with Gasteiger partial charge in [-0.25, -0.2) is 4.79 Å². The summed E-state index contributed by atoms with van der Waals surface area (Å²) < 4.78 is 5.03. The SMILES string of the molecule is CCCCOC(=O)Nc1ccc(NC(=O)c2ccccc2C)cc1. The number of ether oxygens (including phenoxy) is 1. The molecule has 0 radical (unpaired) electrons. The Hall–Kier alpha value is -2.82. The molecule has 2 aromatic rings. The van der Waals surface area contributed by atoms with Crippen LogP contribution in [0.3, 0.4) is 0 Å². The maximum Gasteiger partial charge on any atom is 0.411 e. The molecule has 24 heavy (non-hydrogen) atoms. The number of carbonyl (C=O) groups excluding carboxylic acids is 2. The summed E-state index contributed by atoms with van der Waals surface area (Å²) in [4.78, 5) is 23.8. The molecule has 0 saturated carbocycles. The van der Waals surface area contributed by atoms with Gasteiger partial charge in [-0.2, -0.15) is 0 Å². The van der Waals surface area contributed by atoms with E-state index < -0.39 is 6.09 Å². The normalized spacial score (nSPS) is 10.1. The number of unbranched alkanes of at least 4 members (excludes halogenated alkanes) is 1. The molecule has 0 aliphatic carbocycles. The van der Waals surface area contributed by atoms with Crippen molar-refractivity contribution < 1.29 is 14.3 Å². The Labute approximate surface area is 142 Å². The van der Waals surface area contributed by atoms with Crippen LogP contribution in [0.1, 0.15) is 35.7 Å². The Bertz CT molecular complexity index is 696. The van der Waals surface area contributed by atoms with Crippen LogP contribution in [-0.4, -0.2) is 18.6 Å². The minimum atomic E-state index is -0.472. The first-order valence-electron chi connectivity index (χ1n) is 8.01. The van der Waals surface area contributed by atoms with E-state index in [1.165, 1.54) is 0 Å². The number of rotatable bonds is 6. The molecule has 0 aliphatic heterocycles. The highest BCUT2D eigenvalue weighted by Gasteiger charge is 2.09. The number of amides is 2. The van der Waals surface area contributed by atoms with Gasteiger partial charge < -0.3 is 10.1 Å². The highest BCUT2D eigenvalue weighted by Crippen LogP contribution is 2.16. The van der Waals surface area contributed by atoms with Crippen LogP contribution in [0, 0.1) is 6.92 Å². The molecule has 0 spiro atoms. The van der Waals surface area contributed by atoms with E-state index in [1.807, 2.05) is 32.0 Å². The molecule has 5 heteroatoms. The quantitative estimate of drug-likeness (QED) is 0.763. The van der Waals surface area contributed by atoms with Crippen molar-refractivity contribution >= 4 is 23.4 Å². The number of hydrogen-bond donors (Lipinski definition) is 2. The van der Waals surface area contributed by atoms with Crippen molar-refractivity contribution in [3.05, 3.63) is 59.7 Å². The summed E-state index contributed by atoms with van der Waals surface area (Å²) in [6, 6.07) is 14.3. The molecule has 2 aromatic carbocycles. The second kappa shape index (κ2) is 8.72. The monoisotopic (exact) mass is 326 g/mol. The topological polar surface area (TPSA) is 67.4 Å². The number of hydrogen-bond acceptors (Lipinski definition) is 3. The summed E-state index contributed by atoms with van der Waals surface area (Å²) in [5.41, 5.74) is 2.83. The zero-order valence-electron chi connectivity index (χ0n) is 14.0. The van der Waals surface area contributed by atoms with E-state index >= 15 is 0 Å². The van der Waals surface area contributed by atoms with Gasteiger partial charge in [-0.05, 0) is 49.2 Å². The molecule has 0 saturated heterocycles. The summed E-state index contributed by atoms with van der Waals surface area (Å²) in [6.07, 6.45) is 1.35. The van der Waals surface area contributed by atoms with Gasteiger partial charge in [-0.1, -0.05) is 31.5 Å². The lowest BCUT2D eigenvalue weighted by Gasteiger charge is -2.09. The largest absolute Gasteiger partial charge is 0.449 e. The van der Waals surface area contributed by atoms with Crippen molar-refractivity contribution in [2.75, 3.05) is 17.2 Å². The molecule has 0 aromatic heterocycles. The number of benzene rings is 2. The fourth-order valence-electron chi connectivity index (χ4n) is 2.13. The summed E-state index contributed by atoms with van der Waals surface area (Å²) in [5, 5.41) is 5.49. The molecule has 0 heterocycles. The third-order valence-corrected chi connectivity index (χ3v) is 3.51. The van der Waals surface area contributed by atoms with Gasteiger partial charge in [0.2, 0.25) is 0 Å². The molecule has 2 rings (SSSR count). The van der Waals surface area contributed by atoms with Crippen LogP contribution in [0.4, 0.5) is 16.2 Å². The van der Waals surface area contributed by atoms with Gasteiger partial charge in [0.05, 0.1) is 6.61 Å². The fourth-order valence-corrected chi connectivity index (χ4v) is 2.13. The highest BCUT2D eigenvalue weighted by atomic mass is 16.5. The average Bonchev–Trinajstić information content (AvgIpc) is 2.57. The van der Waals surface area contributed by atoms with Gasteiger partial charge in [0, 0.05) is 16.9 Å². The number of aryl methyl sites for hydroxylation is 1. The Morgan fingerprint density at radius 3 is 2.21 bits per heavy atom. The van der Waals surface area contributed by atoms with Crippen LogP contribution in [0.5, 0.6) is 0 Å². The van der Waals surface area contributed by atoms with Gasteiger partial charge in [0.1, 0.15) is 0 Å². The van der Waals surface area contributed by atoms with Crippen molar-refractivity contribution in [3.8, 4) is 0 Å². The van der Waals surface area contributed by atoms with E-state index in [9.17, 15) is 9.59 Å². The minimum absolute atomic E-state index is 0.159. The first kappa shape index (κ1) is 17.5. The minimum Gasteiger partial charge on any atom is -0.449 e. The van der Waals surface area contributed by atoms with Crippen molar-refractivity contribution in [1.29, 1.82) is 0 Å². The van der Waals surface area contributed by atoms with E-state index in [1.54, 1.807) is 30.3 Å². The average molecular weight is 326 g/mol. The maximum absolute atomic E-state index is 12.2. The van der Waals surface area contributed by atoms with Crippen molar-refractivity contribution in [3.63, 3.8) is 0 Å². The van der Waals surface area contributed by atoms with E-state index in [-0.39, 0.29) is 5.91 Å². The van der Waals surface area contributed by atoms with E-state index in [4.69, 9.17) is 4.74 Å². The lowest BCUT2D eigenvalue weighted by molar-refractivity contribution is 0.102. The lowest BCUT2D eigenvalue weighted by atomic mass is 10.1. The van der Waals surface area contributed by atoms with Gasteiger partial charge in [-0.15, -0.1) is 0 Å². The smallest absolute Gasteiger partial charge is 0.411 e. The van der Waals surface area contributed by atoms with Gasteiger partial charge in [0.15, 0.2) is 0 Å². The Kier molecular flexibility index (Phi) is 6.37. The third-order valence-electron chi connectivity index (χ3n) is 3.51. The summed E-state index contributed by atoms with van der Waals surface area (Å²) in [5.74, 6) is -0.159. The summed E-state index contributed by atoms with van der Waals surface area (Å²) >= 11 is 0. The zero-order valence-corrected chi connectivity index (χ0v) is 14.0. The number of anilines is 2. The van der Waals surface area contributed by atoms with Crippen LogP contribution < -0.4 is 10.6 Å². The zero-order chi connectivity index (χ0) is 17.4. The molecule has 0 aliphatic rings. The van der Waals surface area contributed by atoms with E-state index in [2.05, 4.69) is 10.6 Å². The number of carbonyl (C=O) groups is 2. The maximum atomic E-state index is 12.2. The van der Waals surface area contributed by atoms with Gasteiger partial charge >= 0.3 is 6.09 Å². The van der Waals surface area contributed by atoms with Crippen LogP contribution in [0.2, 0.25) is 0 Å². The molecule has 0 fully saturated rings. The molecular weight excluding hydrogens is 304 g/mol. The third kappa shape index (κ3) is 5.12. The highest BCUT2D eigenvalue weighted by molar-refractivity contribution is 6.05. The second-order valence-corrected chi connectivity index (χ2v) is 5.46. The van der Waals surface area contributed by atoms with Crippen molar-refractivity contribution in [1.82, 2.24) is 0 Å². The lowest BCUT2D eigenvalue weighted by Crippen LogP contribution is -2.15. The molecule has 0 unspecified atom stereocenters. The molecule has 0 atom stereocenters. The van der Waals surface area contributed by atoms with Crippen LogP contribution in [0.25, 0.3) is 0 Å². The first-order chi connectivity index (χ1) is 11.6. The van der Waals surface area contributed by atoms with Gasteiger partial charge in [-0.3, -0.25) is 10.1 Å². The van der Waals surface area contributed by atoms with Crippen molar-refractivity contribution in [2.24, 2.45) is 0 Å². The van der Waals surface area contributed by atoms with Crippen molar-refractivity contribution in [2.45, 2.75) is 26.7 Å². The summed E-state index contributed by atoms with van der Waals surface area (Å²) in [6.45, 7) is 4.34. The Morgan fingerprint density at radius 1 is 0.958 bits per heavy atom. The molecule has 0 bridgehead atoms. The predicted octanol–water partition coefficient (Wildman–Crippen LogP) is 4.60. The van der Waals surface area contributed by atoms with Crippen LogP contribution in [-0.2, 0) is 4.74 Å². The Balaban J connectivity index is 1.91. The fraction of sp³-hybridized carbons (Fsp3) is 0.263.